The lowest BCUT2D eigenvalue weighted by atomic mass is 10.0. The zero-order chi connectivity index (χ0) is 24.3. The second-order valence-corrected chi connectivity index (χ2v) is 9.33. The van der Waals surface area contributed by atoms with Gasteiger partial charge in [-0.15, -0.1) is 4.99 Å². The van der Waals surface area contributed by atoms with Crippen molar-refractivity contribution < 1.29 is 19.7 Å². The monoisotopic (exact) mass is 468 g/mol. The number of rotatable bonds is 15. The standard InChI is InChI=1S/C28H40N2O4/c1-4-5-6-25-10-11-26(34-25)9-7-22-8-12-27(32)28(15-22)33-14-13-24-16-23(19-30-24)20(2)17-29-18-21(3)31/h8,10-12,15-16,19-21,25,29,31-32H,4-7,9,13-14,17-18H2,1-3H3/t20-,21+,25?/m1/s1. The highest BCUT2D eigenvalue weighted by Gasteiger charge is 2.25. The summed E-state index contributed by atoms with van der Waals surface area (Å²) in [5.74, 6) is 2.01. The van der Waals surface area contributed by atoms with Crippen molar-refractivity contribution in [1.29, 1.82) is 0 Å². The SMILES string of the molecule is CCCCC1[CH-]C=C(CCc2ccc(O)c(OCC[C+]3C=C([C@H](C)CNC[C@H](C)O)C=N3)c2)O1. The van der Waals surface area contributed by atoms with Crippen molar-refractivity contribution >= 4 is 6.21 Å². The van der Waals surface area contributed by atoms with E-state index in [1.807, 2.05) is 18.3 Å². The van der Waals surface area contributed by atoms with Crippen LogP contribution >= 0.6 is 0 Å². The molecule has 0 aromatic heterocycles. The largest absolute Gasteiger partial charge is 0.592 e. The Balaban J connectivity index is 1.40. The fourth-order valence-electron chi connectivity index (χ4n) is 4.01. The van der Waals surface area contributed by atoms with Gasteiger partial charge >= 0.3 is 0 Å². The van der Waals surface area contributed by atoms with Gasteiger partial charge in [0.05, 0.1) is 24.5 Å². The van der Waals surface area contributed by atoms with Crippen LogP contribution in [0.1, 0.15) is 58.4 Å². The minimum atomic E-state index is -0.345. The molecule has 0 radical (unpaired) electrons. The van der Waals surface area contributed by atoms with Crippen molar-refractivity contribution in [3.05, 3.63) is 59.7 Å². The minimum absolute atomic E-state index is 0.155. The van der Waals surface area contributed by atoms with Crippen LogP contribution in [0.25, 0.3) is 0 Å². The van der Waals surface area contributed by atoms with Crippen molar-refractivity contribution in [2.45, 2.75) is 71.5 Å². The highest BCUT2D eigenvalue weighted by Crippen LogP contribution is 2.30. The van der Waals surface area contributed by atoms with Crippen LogP contribution in [0.2, 0.25) is 0 Å². The van der Waals surface area contributed by atoms with Crippen LogP contribution in [-0.4, -0.2) is 48.3 Å². The molecule has 6 nitrogen and oxygen atoms in total. The van der Waals surface area contributed by atoms with Crippen LogP contribution in [0.3, 0.4) is 0 Å². The Kier molecular flexibility index (Phi) is 10.2. The van der Waals surface area contributed by atoms with Crippen molar-refractivity contribution in [2.75, 3.05) is 19.7 Å². The van der Waals surface area contributed by atoms with Gasteiger partial charge in [-0.2, -0.15) is 12.5 Å². The fraction of sp³-hybridized carbons (Fsp3) is 0.536. The highest BCUT2D eigenvalue weighted by molar-refractivity contribution is 5.83. The number of aliphatic hydroxyl groups excluding tert-OH is 1. The Morgan fingerprint density at radius 3 is 2.91 bits per heavy atom. The van der Waals surface area contributed by atoms with Gasteiger partial charge in [0.25, 0.3) is 0 Å². The van der Waals surface area contributed by atoms with Crippen LogP contribution in [-0.2, 0) is 11.2 Å². The smallest absolute Gasteiger partial charge is 0.176 e. The molecule has 186 valence electrons. The first-order valence-corrected chi connectivity index (χ1v) is 12.6. The molecular weight excluding hydrogens is 428 g/mol. The van der Waals surface area contributed by atoms with Gasteiger partial charge in [-0.3, -0.25) is 0 Å². The minimum Gasteiger partial charge on any atom is -0.592 e. The van der Waals surface area contributed by atoms with Crippen LogP contribution in [0.5, 0.6) is 11.5 Å². The number of nitrogens with zero attached hydrogens (tertiary/aromatic N) is 1. The normalized spacial score (nSPS) is 18.8. The van der Waals surface area contributed by atoms with Gasteiger partial charge in [-0.1, -0.05) is 38.0 Å². The van der Waals surface area contributed by atoms with Crippen molar-refractivity contribution in [1.82, 2.24) is 5.32 Å². The molecule has 1 aromatic carbocycles. The first-order chi connectivity index (χ1) is 16.4. The van der Waals surface area contributed by atoms with E-state index in [0.29, 0.717) is 31.2 Å². The molecular formula is C28H40N2O4. The van der Waals surface area contributed by atoms with Gasteiger partial charge in [0, 0.05) is 19.2 Å². The topological polar surface area (TPSA) is 83.3 Å². The third kappa shape index (κ3) is 8.33. The van der Waals surface area contributed by atoms with E-state index in [-0.39, 0.29) is 18.0 Å². The number of phenols is 1. The van der Waals surface area contributed by atoms with E-state index < -0.39 is 0 Å². The molecule has 1 unspecified atom stereocenters. The van der Waals surface area contributed by atoms with Crippen molar-refractivity contribution in [2.24, 2.45) is 10.9 Å². The summed E-state index contributed by atoms with van der Waals surface area (Å²) in [6.45, 7) is 7.95. The average Bonchev–Trinajstić information content (AvgIpc) is 3.47. The number of phenolic OH excluding ortho intramolecular Hbond substituents is 1. The summed E-state index contributed by atoms with van der Waals surface area (Å²) < 4.78 is 11.9. The van der Waals surface area contributed by atoms with Crippen LogP contribution in [0, 0.1) is 18.4 Å². The average molecular weight is 469 g/mol. The number of aryl methyl sites for hydroxylation is 1. The van der Waals surface area contributed by atoms with Gasteiger partial charge in [0.15, 0.2) is 23.8 Å². The van der Waals surface area contributed by atoms with Gasteiger partial charge in [0.1, 0.15) is 12.2 Å². The summed E-state index contributed by atoms with van der Waals surface area (Å²) in [7, 11) is 0. The van der Waals surface area contributed by atoms with E-state index in [2.05, 4.69) is 42.7 Å². The lowest BCUT2D eigenvalue weighted by Gasteiger charge is -2.20. The molecule has 3 atom stereocenters. The number of aliphatic hydroxyl groups is 1. The lowest BCUT2D eigenvalue weighted by Crippen LogP contribution is -2.29. The van der Waals surface area contributed by atoms with Gasteiger partial charge in [0.2, 0.25) is 0 Å². The Morgan fingerprint density at radius 2 is 2.12 bits per heavy atom. The van der Waals surface area contributed by atoms with E-state index in [0.717, 1.165) is 43.2 Å². The van der Waals surface area contributed by atoms with Gasteiger partial charge in [-0.05, 0) is 44.4 Å². The van der Waals surface area contributed by atoms with Crippen LogP contribution in [0.4, 0.5) is 0 Å². The maximum Gasteiger partial charge on any atom is 0.176 e. The molecule has 0 saturated heterocycles. The number of aliphatic imine (C=N–C) groups is 1. The van der Waals surface area contributed by atoms with E-state index in [1.54, 1.807) is 13.0 Å². The summed E-state index contributed by atoms with van der Waals surface area (Å²) in [4.78, 5) is 4.51. The summed E-state index contributed by atoms with van der Waals surface area (Å²) >= 11 is 0. The maximum atomic E-state index is 10.2. The third-order valence-electron chi connectivity index (χ3n) is 6.11. The number of allylic oxidation sites excluding steroid dienone is 1. The Labute approximate surface area is 204 Å². The van der Waals surface area contributed by atoms with Crippen molar-refractivity contribution in [3.8, 4) is 11.5 Å². The molecule has 1 aromatic rings. The van der Waals surface area contributed by atoms with Crippen molar-refractivity contribution in [3.63, 3.8) is 0 Å². The zero-order valence-electron chi connectivity index (χ0n) is 20.8. The summed E-state index contributed by atoms with van der Waals surface area (Å²) in [6.07, 6.45) is 14.0. The molecule has 0 saturated carbocycles. The van der Waals surface area contributed by atoms with E-state index in [1.165, 1.54) is 18.4 Å². The third-order valence-corrected chi connectivity index (χ3v) is 6.11. The highest BCUT2D eigenvalue weighted by atomic mass is 16.5. The molecule has 2 heterocycles. The molecule has 2 aliphatic rings. The molecule has 0 amide bonds. The number of aromatic hydroxyl groups is 1. The molecule has 34 heavy (non-hydrogen) atoms. The summed E-state index contributed by atoms with van der Waals surface area (Å²) in [5.41, 5.74) is 2.29. The van der Waals surface area contributed by atoms with Crippen LogP contribution < -0.4 is 10.1 Å². The number of benzene rings is 1. The second kappa shape index (κ2) is 13.4. The molecule has 0 bridgehead atoms. The molecule has 2 aliphatic heterocycles. The number of nitrogens with one attached hydrogen (secondary N) is 1. The first kappa shape index (κ1) is 26.0. The molecule has 6 heteroatoms. The quantitative estimate of drug-likeness (QED) is 0.318. The maximum absolute atomic E-state index is 10.2. The Hall–Kier alpha value is -2.57. The molecule has 0 spiro atoms. The number of unbranched alkanes of at least 4 members (excludes halogenated alkanes) is 1. The van der Waals surface area contributed by atoms with E-state index >= 15 is 0 Å². The zero-order valence-corrected chi connectivity index (χ0v) is 20.8. The summed E-state index contributed by atoms with van der Waals surface area (Å²) in [5, 5.41) is 22.9. The van der Waals surface area contributed by atoms with E-state index in [9.17, 15) is 10.2 Å². The van der Waals surface area contributed by atoms with Gasteiger partial charge in [-0.25, -0.2) is 0 Å². The fourth-order valence-corrected chi connectivity index (χ4v) is 4.01. The predicted octanol–water partition coefficient (Wildman–Crippen LogP) is 4.92. The number of hydrogen-bond donors (Lipinski definition) is 3. The van der Waals surface area contributed by atoms with E-state index in [4.69, 9.17) is 9.47 Å². The first-order valence-electron chi connectivity index (χ1n) is 12.6. The second-order valence-electron chi connectivity index (χ2n) is 9.33. The number of ether oxygens (including phenoxy) is 2. The molecule has 3 N–H and O–H groups in total. The molecule has 0 aliphatic carbocycles. The Morgan fingerprint density at radius 1 is 1.26 bits per heavy atom. The Bertz CT molecular complexity index is 862. The van der Waals surface area contributed by atoms with Crippen LogP contribution in [0.15, 0.2) is 46.7 Å². The molecule has 0 fully saturated rings. The predicted molar refractivity (Wildman–Crippen MR) is 137 cm³/mol. The summed E-state index contributed by atoms with van der Waals surface area (Å²) in [6, 6.07) is 6.54. The number of hydrogen-bond acceptors (Lipinski definition) is 6. The lowest BCUT2D eigenvalue weighted by molar-refractivity contribution is 0.147. The molecule has 3 rings (SSSR count). The van der Waals surface area contributed by atoms with Gasteiger partial charge < -0.3 is 25.0 Å².